The van der Waals surface area contributed by atoms with Gasteiger partial charge in [0.1, 0.15) is 24.8 Å². The number of methoxy groups -OCH3 is 1. The smallest absolute Gasteiger partial charge is 0.306 e. The van der Waals surface area contributed by atoms with Crippen molar-refractivity contribution in [3.63, 3.8) is 0 Å². The predicted octanol–water partition coefficient (Wildman–Crippen LogP) is 1.88. The lowest BCUT2D eigenvalue weighted by Crippen LogP contribution is -2.38. The molecule has 0 radical (unpaired) electrons. The maximum absolute atomic E-state index is 10.7. The van der Waals surface area contributed by atoms with Crippen molar-refractivity contribution in [2.75, 3.05) is 33.4 Å². The van der Waals surface area contributed by atoms with Gasteiger partial charge in [-0.05, 0) is 25.5 Å². The van der Waals surface area contributed by atoms with Crippen LogP contribution >= 0.6 is 0 Å². The summed E-state index contributed by atoms with van der Waals surface area (Å²) >= 11 is 0. The van der Waals surface area contributed by atoms with E-state index in [2.05, 4.69) is 20.7 Å². The van der Waals surface area contributed by atoms with Crippen LogP contribution in [0.1, 0.15) is 18.1 Å². The van der Waals surface area contributed by atoms with E-state index in [0.717, 1.165) is 16.9 Å². The number of rotatable bonds is 11. The van der Waals surface area contributed by atoms with Gasteiger partial charge < -0.3 is 20.1 Å². The zero-order valence-corrected chi connectivity index (χ0v) is 17.1. The first kappa shape index (κ1) is 22.2. The molecular weight excluding hydrogens is 376 g/mol. The second-order valence-corrected chi connectivity index (χ2v) is 6.29. The van der Waals surface area contributed by atoms with E-state index in [4.69, 9.17) is 9.47 Å². The van der Waals surface area contributed by atoms with Crippen LogP contribution in [0.25, 0.3) is 0 Å². The van der Waals surface area contributed by atoms with Crippen molar-refractivity contribution in [1.82, 2.24) is 20.4 Å². The Kier molecular flexibility index (Phi) is 8.90. The lowest BCUT2D eigenvalue weighted by atomic mass is 10.1. The molecule has 0 aliphatic rings. The minimum Gasteiger partial charge on any atom is -0.491 e. The molecule has 29 heavy (non-hydrogen) atoms. The van der Waals surface area contributed by atoms with Crippen LogP contribution in [0, 0.1) is 17.0 Å². The Morgan fingerprint density at radius 2 is 2.17 bits per heavy atom. The number of hydrogen-bond donors (Lipinski definition) is 2. The molecule has 0 bridgehead atoms. The van der Waals surface area contributed by atoms with Crippen LogP contribution in [-0.2, 0) is 17.8 Å². The summed E-state index contributed by atoms with van der Waals surface area (Å²) in [6, 6.07) is 6.03. The first-order chi connectivity index (χ1) is 14.0. The zero-order chi connectivity index (χ0) is 21.1. The topological polar surface area (TPSA) is 116 Å². The van der Waals surface area contributed by atoms with E-state index in [0.29, 0.717) is 45.4 Å². The van der Waals surface area contributed by atoms with Crippen LogP contribution in [0.15, 0.2) is 35.6 Å². The second kappa shape index (κ2) is 11.6. The Balaban J connectivity index is 1.96. The fraction of sp³-hybridized carbons (Fsp3) is 0.474. The molecule has 1 aromatic carbocycles. The number of guanidine groups is 1. The molecule has 2 rings (SSSR count). The van der Waals surface area contributed by atoms with E-state index in [1.807, 2.05) is 32.0 Å². The van der Waals surface area contributed by atoms with Gasteiger partial charge in [-0.1, -0.05) is 12.1 Å². The predicted molar refractivity (Wildman–Crippen MR) is 110 cm³/mol. The molecule has 0 aliphatic heterocycles. The van der Waals surface area contributed by atoms with E-state index < -0.39 is 4.92 Å². The van der Waals surface area contributed by atoms with E-state index in [1.165, 1.54) is 17.1 Å². The molecule has 1 heterocycles. The Labute approximate surface area is 170 Å². The van der Waals surface area contributed by atoms with E-state index in [1.54, 1.807) is 7.11 Å². The number of nitro groups is 1. The number of hydrogen-bond acceptors (Lipinski definition) is 6. The Morgan fingerprint density at radius 1 is 1.34 bits per heavy atom. The van der Waals surface area contributed by atoms with Crippen LogP contribution in [0.5, 0.6) is 5.75 Å². The maximum atomic E-state index is 10.7. The van der Waals surface area contributed by atoms with Crippen molar-refractivity contribution in [3.05, 3.63) is 51.8 Å². The van der Waals surface area contributed by atoms with E-state index >= 15 is 0 Å². The molecule has 0 spiro atoms. The molecular formula is C19H28N6O4. The van der Waals surface area contributed by atoms with Gasteiger partial charge >= 0.3 is 5.69 Å². The van der Waals surface area contributed by atoms with Crippen molar-refractivity contribution in [2.45, 2.75) is 26.9 Å². The standard InChI is InChI=1S/C19H28N6O4/c1-4-20-19(21-7-8-24-14-17(13-23-24)25(26)27)22-12-16-6-5-15(2)11-18(16)29-10-9-28-3/h5-6,11,13-14H,4,7-10,12H2,1-3H3,(H2,20,21,22). The van der Waals surface area contributed by atoms with Gasteiger partial charge in [-0.2, -0.15) is 5.10 Å². The molecule has 2 aromatic rings. The summed E-state index contributed by atoms with van der Waals surface area (Å²) in [5.74, 6) is 1.45. The molecule has 158 valence electrons. The van der Waals surface area contributed by atoms with Gasteiger partial charge in [0.25, 0.3) is 0 Å². The lowest BCUT2D eigenvalue weighted by molar-refractivity contribution is -0.385. The molecule has 2 N–H and O–H groups in total. The lowest BCUT2D eigenvalue weighted by Gasteiger charge is -2.13. The first-order valence-corrected chi connectivity index (χ1v) is 9.43. The number of nitrogens with one attached hydrogen (secondary N) is 2. The highest BCUT2D eigenvalue weighted by Gasteiger charge is 2.09. The molecule has 0 unspecified atom stereocenters. The molecule has 0 amide bonds. The summed E-state index contributed by atoms with van der Waals surface area (Å²) in [6.07, 6.45) is 2.64. The maximum Gasteiger partial charge on any atom is 0.306 e. The van der Waals surface area contributed by atoms with Crippen LogP contribution < -0.4 is 15.4 Å². The highest BCUT2D eigenvalue weighted by atomic mass is 16.6. The van der Waals surface area contributed by atoms with Gasteiger partial charge in [0.05, 0.1) is 24.6 Å². The van der Waals surface area contributed by atoms with Crippen LogP contribution in [0.4, 0.5) is 5.69 Å². The normalized spacial score (nSPS) is 11.3. The van der Waals surface area contributed by atoms with Crippen molar-refractivity contribution < 1.29 is 14.4 Å². The second-order valence-electron chi connectivity index (χ2n) is 6.29. The van der Waals surface area contributed by atoms with Gasteiger partial charge in [-0.25, -0.2) is 4.99 Å². The van der Waals surface area contributed by atoms with Gasteiger partial charge in [-0.3, -0.25) is 14.8 Å². The fourth-order valence-corrected chi connectivity index (χ4v) is 2.53. The minimum atomic E-state index is -0.462. The number of ether oxygens (including phenoxy) is 2. The molecule has 0 fully saturated rings. The fourth-order valence-electron chi connectivity index (χ4n) is 2.53. The Hall–Kier alpha value is -3.14. The number of benzene rings is 1. The number of aliphatic imine (C=N–C) groups is 1. The third-order valence-electron chi connectivity index (χ3n) is 3.98. The molecule has 0 aliphatic carbocycles. The molecule has 10 heteroatoms. The minimum absolute atomic E-state index is 0.0223. The van der Waals surface area contributed by atoms with Crippen LogP contribution in [0.3, 0.4) is 0 Å². The van der Waals surface area contributed by atoms with Crippen LogP contribution in [0.2, 0.25) is 0 Å². The van der Waals surface area contributed by atoms with E-state index in [9.17, 15) is 10.1 Å². The molecule has 10 nitrogen and oxygen atoms in total. The summed E-state index contributed by atoms with van der Waals surface area (Å²) in [4.78, 5) is 14.9. The summed E-state index contributed by atoms with van der Waals surface area (Å²) in [7, 11) is 1.64. The van der Waals surface area contributed by atoms with Gasteiger partial charge in [0.15, 0.2) is 5.96 Å². The Bertz CT molecular complexity index is 821. The molecule has 0 saturated heterocycles. The van der Waals surface area contributed by atoms with Crippen molar-refractivity contribution in [1.29, 1.82) is 0 Å². The monoisotopic (exact) mass is 404 g/mol. The average molecular weight is 404 g/mol. The average Bonchev–Trinajstić information content (AvgIpc) is 3.17. The van der Waals surface area contributed by atoms with Crippen molar-refractivity contribution in [2.24, 2.45) is 4.99 Å². The van der Waals surface area contributed by atoms with Crippen LogP contribution in [-0.4, -0.2) is 54.1 Å². The summed E-state index contributed by atoms with van der Waals surface area (Å²) in [5, 5.41) is 21.1. The van der Waals surface area contributed by atoms with Gasteiger partial charge in [0, 0.05) is 25.8 Å². The summed E-state index contributed by atoms with van der Waals surface area (Å²) < 4.78 is 12.4. The molecule has 1 aromatic heterocycles. The largest absolute Gasteiger partial charge is 0.491 e. The molecule has 0 saturated carbocycles. The zero-order valence-electron chi connectivity index (χ0n) is 17.1. The van der Waals surface area contributed by atoms with Crippen molar-refractivity contribution in [3.8, 4) is 5.75 Å². The summed E-state index contributed by atoms with van der Waals surface area (Å²) in [5.41, 5.74) is 2.07. The quantitative estimate of drug-likeness (QED) is 0.193. The van der Waals surface area contributed by atoms with Crippen molar-refractivity contribution >= 4 is 11.6 Å². The van der Waals surface area contributed by atoms with Gasteiger partial charge in [0.2, 0.25) is 0 Å². The highest BCUT2D eigenvalue weighted by Crippen LogP contribution is 2.21. The first-order valence-electron chi connectivity index (χ1n) is 9.43. The SMILES string of the molecule is CCNC(=NCc1ccc(C)cc1OCCOC)NCCn1cc([N+](=O)[O-])cn1. The van der Waals surface area contributed by atoms with Gasteiger partial charge in [-0.15, -0.1) is 0 Å². The molecule has 0 atom stereocenters. The van der Waals surface area contributed by atoms with E-state index in [-0.39, 0.29) is 5.69 Å². The highest BCUT2D eigenvalue weighted by molar-refractivity contribution is 5.79. The number of aryl methyl sites for hydroxylation is 1. The number of aromatic nitrogens is 2. The number of nitrogens with zero attached hydrogens (tertiary/aromatic N) is 4. The third kappa shape index (κ3) is 7.41. The summed E-state index contributed by atoms with van der Waals surface area (Å²) in [6.45, 7) is 7.16. The third-order valence-corrected chi connectivity index (χ3v) is 3.98. The Morgan fingerprint density at radius 3 is 2.86 bits per heavy atom.